The number of likely N-dealkylation sites (N-methyl/N-ethyl adjacent to an activating group) is 1. The Labute approximate surface area is 127 Å². The lowest BCUT2D eigenvalue weighted by Crippen LogP contribution is -2.36. The minimum absolute atomic E-state index is 0.374. The van der Waals surface area contributed by atoms with Crippen molar-refractivity contribution >= 4 is 0 Å². The molecule has 1 aliphatic carbocycles. The summed E-state index contributed by atoms with van der Waals surface area (Å²) in [5.41, 5.74) is 4.03. The van der Waals surface area contributed by atoms with Crippen LogP contribution in [0.3, 0.4) is 0 Å². The number of phenols is 1. The Hall–Kier alpha value is -1.80. The van der Waals surface area contributed by atoms with E-state index in [0.29, 0.717) is 17.7 Å². The molecule has 2 aromatic rings. The van der Waals surface area contributed by atoms with Crippen molar-refractivity contribution in [3.05, 3.63) is 65.2 Å². The number of nitrogens with zero attached hydrogens (tertiary/aromatic N) is 1. The number of benzene rings is 2. The molecule has 2 heteroatoms. The predicted octanol–water partition coefficient (Wildman–Crippen LogP) is 3.79. The summed E-state index contributed by atoms with van der Waals surface area (Å²) in [5, 5.41) is 9.77. The molecule has 2 nitrogen and oxygen atoms in total. The summed E-state index contributed by atoms with van der Waals surface area (Å²) in [6, 6.07) is 17.1. The average Bonchev–Trinajstić information content (AvgIpc) is 2.87. The summed E-state index contributed by atoms with van der Waals surface area (Å²) in [6.45, 7) is 3.33. The van der Waals surface area contributed by atoms with Gasteiger partial charge < -0.3 is 10.0 Å². The molecule has 1 N–H and O–H groups in total. The van der Waals surface area contributed by atoms with Crippen LogP contribution in [0.5, 0.6) is 5.75 Å². The van der Waals surface area contributed by atoms with Crippen LogP contribution in [0.15, 0.2) is 48.5 Å². The number of hydrogen-bond acceptors (Lipinski definition) is 2. The molecule has 2 aromatic carbocycles. The summed E-state index contributed by atoms with van der Waals surface area (Å²) < 4.78 is 0. The Morgan fingerprint density at radius 1 is 1.14 bits per heavy atom. The predicted molar refractivity (Wildman–Crippen MR) is 86.8 cm³/mol. The quantitative estimate of drug-likeness (QED) is 0.921. The molecule has 3 rings (SSSR count). The van der Waals surface area contributed by atoms with E-state index in [2.05, 4.69) is 55.3 Å². The number of fused-ring (bicyclic) bond motifs is 1. The molecule has 0 amide bonds. The molecule has 0 unspecified atom stereocenters. The van der Waals surface area contributed by atoms with E-state index in [1.807, 2.05) is 12.1 Å². The van der Waals surface area contributed by atoms with E-state index < -0.39 is 0 Å². The fourth-order valence-electron chi connectivity index (χ4n) is 3.61. The summed E-state index contributed by atoms with van der Waals surface area (Å²) in [7, 11) is 2.22. The zero-order valence-electron chi connectivity index (χ0n) is 12.8. The molecular formula is C19H23NO. The summed E-state index contributed by atoms with van der Waals surface area (Å²) in [6.07, 6.45) is 2.18. The van der Waals surface area contributed by atoms with Crippen LogP contribution in [-0.2, 0) is 6.42 Å². The Kier molecular flexibility index (Phi) is 3.98. The van der Waals surface area contributed by atoms with Gasteiger partial charge in [-0.25, -0.2) is 0 Å². The van der Waals surface area contributed by atoms with Crippen molar-refractivity contribution in [3.8, 4) is 5.75 Å². The highest BCUT2D eigenvalue weighted by Crippen LogP contribution is 2.41. The van der Waals surface area contributed by atoms with Crippen LogP contribution in [0.2, 0.25) is 0 Å². The van der Waals surface area contributed by atoms with E-state index in [1.54, 1.807) is 0 Å². The van der Waals surface area contributed by atoms with E-state index in [-0.39, 0.29) is 0 Å². The van der Waals surface area contributed by atoms with Gasteiger partial charge in [-0.15, -0.1) is 0 Å². The highest BCUT2D eigenvalue weighted by Gasteiger charge is 2.35. The summed E-state index contributed by atoms with van der Waals surface area (Å²) >= 11 is 0. The Morgan fingerprint density at radius 2 is 1.90 bits per heavy atom. The van der Waals surface area contributed by atoms with Gasteiger partial charge in [0.15, 0.2) is 0 Å². The van der Waals surface area contributed by atoms with Gasteiger partial charge in [0.25, 0.3) is 0 Å². The first kappa shape index (κ1) is 14.2. The topological polar surface area (TPSA) is 23.5 Å². The molecule has 0 aromatic heterocycles. The highest BCUT2D eigenvalue weighted by molar-refractivity contribution is 5.47. The van der Waals surface area contributed by atoms with Crippen molar-refractivity contribution in [1.29, 1.82) is 0 Å². The molecule has 110 valence electrons. The first-order valence-corrected chi connectivity index (χ1v) is 7.77. The van der Waals surface area contributed by atoms with E-state index in [9.17, 15) is 5.11 Å². The highest BCUT2D eigenvalue weighted by atomic mass is 16.3. The lowest BCUT2D eigenvalue weighted by molar-refractivity contribution is 0.233. The van der Waals surface area contributed by atoms with Crippen molar-refractivity contribution in [2.75, 3.05) is 13.6 Å². The largest absolute Gasteiger partial charge is 0.508 e. The third kappa shape index (κ3) is 2.68. The van der Waals surface area contributed by atoms with Crippen LogP contribution < -0.4 is 0 Å². The minimum Gasteiger partial charge on any atom is -0.508 e. The monoisotopic (exact) mass is 281 g/mol. The van der Waals surface area contributed by atoms with Gasteiger partial charge in [-0.05, 0) is 55.3 Å². The summed E-state index contributed by atoms with van der Waals surface area (Å²) in [4.78, 5) is 2.47. The first-order chi connectivity index (χ1) is 10.2. The molecule has 0 fully saturated rings. The molecule has 0 aliphatic heterocycles. The van der Waals surface area contributed by atoms with Crippen molar-refractivity contribution in [2.45, 2.75) is 31.7 Å². The number of hydrogen-bond donors (Lipinski definition) is 1. The van der Waals surface area contributed by atoms with Gasteiger partial charge in [-0.1, -0.05) is 43.3 Å². The first-order valence-electron chi connectivity index (χ1n) is 7.77. The fraction of sp³-hybridized carbons (Fsp3) is 0.368. The molecule has 0 heterocycles. The van der Waals surface area contributed by atoms with Gasteiger partial charge >= 0.3 is 0 Å². The molecule has 0 bridgehead atoms. The normalized spacial score (nSPS) is 20.7. The van der Waals surface area contributed by atoms with Crippen molar-refractivity contribution in [1.82, 2.24) is 4.90 Å². The molecule has 0 spiro atoms. The SMILES string of the molecule is CCCN(C)[C@H]1Cc2cc(O)ccc2[C@@H]1c1ccccc1. The molecule has 2 atom stereocenters. The maximum absolute atomic E-state index is 9.77. The third-order valence-corrected chi connectivity index (χ3v) is 4.58. The Morgan fingerprint density at radius 3 is 2.62 bits per heavy atom. The van der Waals surface area contributed by atoms with Crippen LogP contribution in [0.25, 0.3) is 0 Å². The Bertz CT molecular complexity index is 608. The lowest BCUT2D eigenvalue weighted by atomic mass is 9.89. The van der Waals surface area contributed by atoms with Gasteiger partial charge in [-0.3, -0.25) is 0 Å². The van der Waals surface area contributed by atoms with Crippen molar-refractivity contribution in [3.63, 3.8) is 0 Å². The summed E-state index contributed by atoms with van der Waals surface area (Å²) in [5.74, 6) is 0.776. The molecule has 0 saturated heterocycles. The molecule has 1 aliphatic rings. The van der Waals surface area contributed by atoms with Crippen LogP contribution in [0.1, 0.15) is 36.0 Å². The molecular weight excluding hydrogens is 258 g/mol. The zero-order chi connectivity index (χ0) is 14.8. The van der Waals surface area contributed by atoms with Gasteiger partial charge in [0, 0.05) is 12.0 Å². The molecule has 0 saturated carbocycles. The minimum atomic E-state index is 0.374. The van der Waals surface area contributed by atoms with Crippen molar-refractivity contribution in [2.24, 2.45) is 0 Å². The van der Waals surface area contributed by atoms with Gasteiger partial charge in [0.2, 0.25) is 0 Å². The maximum Gasteiger partial charge on any atom is 0.115 e. The second-order valence-electron chi connectivity index (χ2n) is 6.02. The standard InChI is InChI=1S/C19H23NO/c1-3-11-20(2)18-13-15-12-16(21)9-10-17(15)19(18)14-7-5-4-6-8-14/h4-10,12,18-19,21H,3,11,13H2,1-2H3/t18-,19-/m0/s1. The smallest absolute Gasteiger partial charge is 0.115 e. The van der Waals surface area contributed by atoms with Crippen LogP contribution in [0.4, 0.5) is 0 Å². The van der Waals surface area contributed by atoms with Crippen LogP contribution in [0, 0.1) is 0 Å². The zero-order valence-corrected chi connectivity index (χ0v) is 12.8. The van der Waals surface area contributed by atoms with E-state index >= 15 is 0 Å². The second kappa shape index (κ2) is 5.90. The molecule has 0 radical (unpaired) electrons. The van der Waals surface area contributed by atoms with Crippen LogP contribution >= 0.6 is 0 Å². The van der Waals surface area contributed by atoms with Gasteiger partial charge in [0.1, 0.15) is 5.75 Å². The maximum atomic E-state index is 9.77. The lowest BCUT2D eigenvalue weighted by Gasteiger charge is -2.30. The van der Waals surface area contributed by atoms with Crippen LogP contribution in [-0.4, -0.2) is 29.6 Å². The van der Waals surface area contributed by atoms with Gasteiger partial charge in [-0.2, -0.15) is 0 Å². The number of phenolic OH excluding ortho intramolecular Hbond substituents is 1. The second-order valence-corrected chi connectivity index (χ2v) is 6.02. The Balaban J connectivity index is 2.02. The van der Waals surface area contributed by atoms with Gasteiger partial charge in [0.05, 0.1) is 0 Å². The van der Waals surface area contributed by atoms with E-state index in [0.717, 1.165) is 19.4 Å². The molecule has 21 heavy (non-hydrogen) atoms. The van der Waals surface area contributed by atoms with E-state index in [1.165, 1.54) is 16.7 Å². The third-order valence-electron chi connectivity index (χ3n) is 4.58. The van der Waals surface area contributed by atoms with E-state index in [4.69, 9.17) is 0 Å². The number of aromatic hydroxyl groups is 1. The average molecular weight is 281 g/mol. The number of rotatable bonds is 4. The van der Waals surface area contributed by atoms with Crippen molar-refractivity contribution < 1.29 is 5.11 Å². The fourth-order valence-corrected chi connectivity index (χ4v) is 3.61.